The Morgan fingerprint density at radius 3 is 1.64 bits per heavy atom. The fourth-order valence-electron chi connectivity index (χ4n) is 3.87. The third-order valence-corrected chi connectivity index (χ3v) is 6.53. The predicted molar refractivity (Wildman–Crippen MR) is 135 cm³/mol. The first-order valence-corrected chi connectivity index (χ1v) is 11.8. The molecule has 0 aliphatic carbocycles. The average Bonchev–Trinajstić information content (AvgIpc) is 2.89. The van der Waals surface area contributed by atoms with Gasteiger partial charge in [0, 0.05) is 35.6 Å². The lowest BCUT2D eigenvalue weighted by molar-refractivity contribution is -0.624. The number of benzene rings is 4. The van der Waals surface area contributed by atoms with Crippen LogP contribution in [0, 0.1) is 0 Å². The second-order valence-electron chi connectivity index (χ2n) is 7.64. The van der Waals surface area contributed by atoms with Crippen LogP contribution in [0.1, 0.15) is 5.56 Å². The molecule has 162 valence electrons. The van der Waals surface area contributed by atoms with E-state index >= 15 is 0 Å². The molecule has 5 rings (SSSR count). The van der Waals surface area contributed by atoms with Crippen molar-refractivity contribution in [2.75, 3.05) is 0 Å². The average molecular weight is 466 g/mol. The van der Waals surface area contributed by atoms with Crippen molar-refractivity contribution in [2.45, 2.75) is 10.8 Å². The zero-order valence-corrected chi connectivity index (χ0v) is 19.7. The van der Waals surface area contributed by atoms with Crippen molar-refractivity contribution in [2.24, 2.45) is 0 Å². The van der Waals surface area contributed by atoms with Crippen LogP contribution in [0.4, 0.5) is 0 Å². The number of pyridine rings is 1. The lowest BCUT2D eigenvalue weighted by Gasteiger charge is -2.12. The zero-order chi connectivity index (χ0) is 21.6. The minimum atomic E-state index is 0. The lowest BCUT2D eigenvalue weighted by Crippen LogP contribution is -3.00. The second-order valence-corrected chi connectivity index (χ2v) is 8.64. The summed E-state index contributed by atoms with van der Waals surface area (Å²) < 4.78 is 2.38. The molecule has 0 fully saturated rings. The van der Waals surface area contributed by atoms with Gasteiger partial charge in [-0.3, -0.25) is 0 Å². The van der Waals surface area contributed by atoms with Crippen LogP contribution < -0.4 is 17.0 Å². The number of hydrogen-bond donors (Lipinski definition) is 0. The van der Waals surface area contributed by atoms with E-state index in [1.165, 1.54) is 38.7 Å². The summed E-state index contributed by atoms with van der Waals surface area (Å²) >= 11 is 1.88. The van der Waals surface area contributed by atoms with Crippen LogP contribution in [0.15, 0.2) is 138 Å². The molecule has 0 unspecified atom stereocenters. The Morgan fingerprint density at radius 1 is 0.515 bits per heavy atom. The summed E-state index contributed by atoms with van der Waals surface area (Å²) in [6.07, 6.45) is 0. The van der Waals surface area contributed by atoms with Gasteiger partial charge in [-0.1, -0.05) is 109 Å². The summed E-state index contributed by atoms with van der Waals surface area (Å²) in [5.74, 6) is 0.917. The van der Waals surface area contributed by atoms with E-state index in [0.29, 0.717) is 0 Å². The molecule has 1 nitrogen and oxygen atoms in total. The van der Waals surface area contributed by atoms with Crippen molar-refractivity contribution < 1.29 is 17.0 Å². The third kappa shape index (κ3) is 5.36. The number of para-hydroxylation sites is 1. The smallest absolute Gasteiger partial charge is 0.247 e. The molecule has 0 N–H and O–H groups in total. The van der Waals surface area contributed by atoms with Gasteiger partial charge in [-0.05, 0) is 28.8 Å². The molecule has 0 atom stereocenters. The van der Waals surface area contributed by atoms with Gasteiger partial charge in [0.05, 0.1) is 0 Å². The second kappa shape index (κ2) is 11.0. The number of rotatable bonds is 6. The molecule has 0 spiro atoms. The molecule has 0 aliphatic heterocycles. The van der Waals surface area contributed by atoms with Crippen molar-refractivity contribution >= 4 is 11.8 Å². The zero-order valence-electron chi connectivity index (χ0n) is 18.1. The van der Waals surface area contributed by atoms with Gasteiger partial charge < -0.3 is 12.4 Å². The molecule has 0 saturated carbocycles. The number of hydrogen-bond acceptors (Lipinski definition) is 1. The first kappa shape index (κ1) is 22.8. The van der Waals surface area contributed by atoms with E-state index in [9.17, 15) is 0 Å². The van der Waals surface area contributed by atoms with Gasteiger partial charge in [-0.25, -0.2) is 0 Å². The molecular formula is C30H24ClNS. The number of nitrogens with zero attached hydrogens (tertiary/aromatic N) is 1. The maximum atomic E-state index is 2.38. The summed E-state index contributed by atoms with van der Waals surface area (Å²) in [7, 11) is 0. The third-order valence-electron chi connectivity index (χ3n) is 5.45. The van der Waals surface area contributed by atoms with Gasteiger partial charge in [-0.15, -0.1) is 4.57 Å². The summed E-state index contributed by atoms with van der Waals surface area (Å²) in [6, 6.07) is 47.3. The van der Waals surface area contributed by atoms with Crippen LogP contribution in [0.5, 0.6) is 0 Å². The minimum Gasteiger partial charge on any atom is -1.00 e. The molecule has 0 bridgehead atoms. The Bertz CT molecular complexity index is 1290. The van der Waals surface area contributed by atoms with Crippen molar-refractivity contribution in [1.29, 1.82) is 0 Å². The van der Waals surface area contributed by atoms with Gasteiger partial charge in [0.1, 0.15) is 0 Å². The SMILES string of the molecule is [Cl-].c1ccc(CSc2cc(-c3ccccc3)cc(-c3ccccc3)[n+]2-c2ccccc2)cc1. The maximum absolute atomic E-state index is 2.38. The van der Waals surface area contributed by atoms with Crippen LogP contribution in [0.2, 0.25) is 0 Å². The molecule has 33 heavy (non-hydrogen) atoms. The number of halogens is 1. The van der Waals surface area contributed by atoms with Gasteiger partial charge in [0.2, 0.25) is 16.4 Å². The summed E-state index contributed by atoms with van der Waals surface area (Å²) in [5, 5.41) is 1.22. The highest BCUT2D eigenvalue weighted by Crippen LogP contribution is 2.31. The van der Waals surface area contributed by atoms with E-state index in [4.69, 9.17) is 0 Å². The highest BCUT2D eigenvalue weighted by molar-refractivity contribution is 7.98. The molecule has 3 heteroatoms. The molecule has 0 amide bonds. The highest BCUT2D eigenvalue weighted by atomic mass is 35.5. The van der Waals surface area contributed by atoms with Gasteiger partial charge in [0.15, 0.2) is 0 Å². The fraction of sp³-hybridized carbons (Fsp3) is 0.0333. The van der Waals surface area contributed by atoms with Crippen molar-refractivity contribution in [1.82, 2.24) is 0 Å². The van der Waals surface area contributed by atoms with Crippen LogP contribution in [0.25, 0.3) is 28.1 Å². The first-order chi connectivity index (χ1) is 15.9. The Kier molecular flexibility index (Phi) is 7.62. The van der Waals surface area contributed by atoms with Crippen molar-refractivity contribution in [3.8, 4) is 28.1 Å². The molecule has 0 aliphatic rings. The first-order valence-electron chi connectivity index (χ1n) is 10.8. The predicted octanol–water partition coefficient (Wildman–Crippen LogP) is 4.59. The quantitative estimate of drug-likeness (QED) is 0.262. The number of aromatic nitrogens is 1. The van der Waals surface area contributed by atoms with E-state index in [1.807, 2.05) is 11.8 Å². The monoisotopic (exact) mass is 465 g/mol. The lowest BCUT2D eigenvalue weighted by atomic mass is 10.0. The number of thioether (sulfide) groups is 1. The molecule has 0 radical (unpaired) electrons. The van der Waals surface area contributed by atoms with Crippen LogP contribution in [-0.4, -0.2) is 0 Å². The summed E-state index contributed by atoms with van der Waals surface area (Å²) in [4.78, 5) is 0. The largest absolute Gasteiger partial charge is 1.00 e. The normalized spacial score (nSPS) is 10.4. The van der Waals surface area contributed by atoms with Crippen LogP contribution in [0.3, 0.4) is 0 Å². The van der Waals surface area contributed by atoms with Crippen molar-refractivity contribution in [3.05, 3.63) is 139 Å². The molecule has 1 aromatic heterocycles. The standard InChI is InChI=1S/C30H24NS.ClH/c1-5-13-24(14-6-1)23-32-30-22-27(25-15-7-2-8-16-25)21-29(26-17-9-3-10-18-26)31(30)28-19-11-4-12-20-28;/h1-22H,23H2;1H/q+1;/p-1. The minimum absolute atomic E-state index is 0. The Hall–Kier alpha value is -3.33. The van der Waals surface area contributed by atoms with E-state index in [2.05, 4.69) is 138 Å². The molecular weight excluding hydrogens is 442 g/mol. The van der Waals surface area contributed by atoms with E-state index < -0.39 is 0 Å². The molecule has 1 heterocycles. The molecule has 5 aromatic rings. The van der Waals surface area contributed by atoms with Crippen LogP contribution in [-0.2, 0) is 5.75 Å². The van der Waals surface area contributed by atoms with Crippen LogP contribution >= 0.6 is 11.8 Å². The maximum Gasteiger partial charge on any atom is 0.247 e. The summed E-state index contributed by atoms with van der Waals surface area (Å²) in [6.45, 7) is 0. The van der Waals surface area contributed by atoms with E-state index in [0.717, 1.165) is 5.75 Å². The van der Waals surface area contributed by atoms with Crippen molar-refractivity contribution in [3.63, 3.8) is 0 Å². The van der Waals surface area contributed by atoms with E-state index in [1.54, 1.807) is 0 Å². The highest BCUT2D eigenvalue weighted by Gasteiger charge is 2.24. The van der Waals surface area contributed by atoms with Gasteiger partial charge in [0.25, 0.3) is 0 Å². The van der Waals surface area contributed by atoms with Gasteiger partial charge >= 0.3 is 0 Å². The summed E-state index contributed by atoms with van der Waals surface area (Å²) in [5.41, 5.74) is 7.34. The topological polar surface area (TPSA) is 3.88 Å². The van der Waals surface area contributed by atoms with E-state index in [-0.39, 0.29) is 12.4 Å². The Labute approximate surface area is 206 Å². The molecule has 0 saturated heterocycles. The Morgan fingerprint density at radius 2 is 1.03 bits per heavy atom. The fourth-order valence-corrected chi connectivity index (χ4v) is 4.92. The Balaban J connectivity index is 0.00000259. The molecule has 4 aromatic carbocycles. The van der Waals surface area contributed by atoms with Gasteiger partial charge in [-0.2, -0.15) is 0 Å².